The molecule has 0 aromatic heterocycles. The number of alkyl carbamates (subject to hydrolysis) is 1. The standard InChI is InChI=1S/C21H33N3O4/c1-14(2)12-16(24-20(27)28-21(3,4)5)19(26)23-17(18(25)22-6)13-15-10-8-7-9-11-15/h7-11,14,16-17H,12-13H2,1-6H3,(H,22,25)(H,23,26)(H,24,27). The van der Waals surface area contributed by atoms with E-state index < -0.39 is 29.7 Å². The SMILES string of the molecule is CNC(=O)C(Cc1ccccc1)NC(=O)C(CC(C)C)NC(=O)OC(C)(C)C. The first-order valence-corrected chi connectivity index (χ1v) is 9.57. The predicted octanol–water partition coefficient (Wildman–Crippen LogP) is 2.40. The highest BCUT2D eigenvalue weighted by atomic mass is 16.6. The first-order valence-electron chi connectivity index (χ1n) is 9.57. The summed E-state index contributed by atoms with van der Waals surface area (Å²) in [5.74, 6) is -0.542. The molecule has 1 aromatic carbocycles. The number of hydrogen-bond donors (Lipinski definition) is 3. The van der Waals surface area contributed by atoms with Gasteiger partial charge in [0, 0.05) is 13.5 Å². The van der Waals surface area contributed by atoms with E-state index in [1.165, 1.54) is 7.05 Å². The minimum absolute atomic E-state index is 0.165. The first-order chi connectivity index (χ1) is 13.0. The molecule has 0 aliphatic carbocycles. The van der Waals surface area contributed by atoms with Gasteiger partial charge in [0.05, 0.1) is 0 Å². The van der Waals surface area contributed by atoms with Crippen LogP contribution in [0.1, 0.15) is 46.6 Å². The van der Waals surface area contributed by atoms with Crippen molar-refractivity contribution >= 4 is 17.9 Å². The summed E-state index contributed by atoms with van der Waals surface area (Å²) in [6.45, 7) is 9.18. The number of rotatable bonds is 8. The first kappa shape index (κ1) is 23.5. The van der Waals surface area contributed by atoms with E-state index in [0.29, 0.717) is 12.8 Å². The number of carbonyl (C=O) groups is 3. The van der Waals surface area contributed by atoms with Crippen molar-refractivity contribution in [2.24, 2.45) is 5.92 Å². The second-order valence-corrected chi connectivity index (χ2v) is 8.19. The van der Waals surface area contributed by atoms with Crippen LogP contribution in [0.15, 0.2) is 30.3 Å². The van der Waals surface area contributed by atoms with E-state index in [2.05, 4.69) is 16.0 Å². The molecule has 0 spiro atoms. The molecule has 0 bridgehead atoms. The number of likely N-dealkylation sites (N-methyl/N-ethyl adjacent to an activating group) is 1. The lowest BCUT2D eigenvalue weighted by Crippen LogP contribution is -2.54. The van der Waals surface area contributed by atoms with Gasteiger partial charge < -0.3 is 20.7 Å². The van der Waals surface area contributed by atoms with Gasteiger partial charge in [0.2, 0.25) is 11.8 Å². The van der Waals surface area contributed by atoms with Gasteiger partial charge >= 0.3 is 6.09 Å². The van der Waals surface area contributed by atoms with Gasteiger partial charge in [0.1, 0.15) is 17.7 Å². The maximum Gasteiger partial charge on any atom is 0.408 e. The van der Waals surface area contributed by atoms with Crippen LogP contribution in [0.3, 0.4) is 0 Å². The summed E-state index contributed by atoms with van der Waals surface area (Å²) in [6, 6.07) is 7.90. The fraction of sp³-hybridized carbons (Fsp3) is 0.571. The maximum atomic E-state index is 12.8. The van der Waals surface area contributed by atoms with Crippen LogP contribution in [0.25, 0.3) is 0 Å². The Morgan fingerprint density at radius 2 is 1.57 bits per heavy atom. The third-order valence-corrected chi connectivity index (χ3v) is 3.88. The zero-order valence-electron chi connectivity index (χ0n) is 17.7. The van der Waals surface area contributed by atoms with Gasteiger partial charge in [-0.25, -0.2) is 4.79 Å². The van der Waals surface area contributed by atoms with Crippen LogP contribution in [0.5, 0.6) is 0 Å². The molecule has 3 N–H and O–H groups in total. The molecule has 0 aliphatic heterocycles. The molecule has 0 saturated heterocycles. The average molecular weight is 392 g/mol. The molecule has 156 valence electrons. The summed E-state index contributed by atoms with van der Waals surface area (Å²) < 4.78 is 5.26. The van der Waals surface area contributed by atoms with Gasteiger partial charge in [-0.05, 0) is 38.7 Å². The van der Waals surface area contributed by atoms with Crippen LogP contribution in [0.4, 0.5) is 4.79 Å². The number of hydrogen-bond acceptors (Lipinski definition) is 4. The normalized spacial score (nSPS) is 13.4. The Hall–Kier alpha value is -2.57. The van der Waals surface area contributed by atoms with E-state index in [1.54, 1.807) is 20.8 Å². The molecule has 0 aliphatic rings. The van der Waals surface area contributed by atoms with Gasteiger partial charge in [-0.1, -0.05) is 44.2 Å². The molecule has 3 amide bonds. The zero-order valence-corrected chi connectivity index (χ0v) is 17.7. The van der Waals surface area contributed by atoms with Gasteiger partial charge in [0.25, 0.3) is 0 Å². The van der Waals surface area contributed by atoms with Crippen molar-refractivity contribution in [1.82, 2.24) is 16.0 Å². The van der Waals surface area contributed by atoms with Gasteiger partial charge in [0.15, 0.2) is 0 Å². The predicted molar refractivity (Wildman–Crippen MR) is 109 cm³/mol. The molecule has 7 heteroatoms. The molecule has 0 saturated carbocycles. The van der Waals surface area contributed by atoms with E-state index in [1.807, 2.05) is 44.2 Å². The molecule has 0 heterocycles. The summed E-state index contributed by atoms with van der Waals surface area (Å²) in [7, 11) is 1.52. The lowest BCUT2D eigenvalue weighted by Gasteiger charge is -2.26. The van der Waals surface area contributed by atoms with Crippen molar-refractivity contribution in [3.8, 4) is 0 Å². The second-order valence-electron chi connectivity index (χ2n) is 8.19. The summed E-state index contributed by atoms with van der Waals surface area (Å²) in [6.07, 6.45) is 0.122. The van der Waals surface area contributed by atoms with Crippen molar-refractivity contribution < 1.29 is 19.1 Å². The second kappa shape index (κ2) is 10.7. The number of carbonyl (C=O) groups excluding carboxylic acids is 3. The van der Waals surface area contributed by atoms with Crippen LogP contribution in [0, 0.1) is 5.92 Å². The lowest BCUT2D eigenvalue weighted by atomic mass is 10.0. The highest BCUT2D eigenvalue weighted by molar-refractivity contribution is 5.91. The summed E-state index contributed by atoms with van der Waals surface area (Å²) in [5.41, 5.74) is 0.262. The van der Waals surface area contributed by atoms with E-state index in [-0.39, 0.29) is 11.8 Å². The quantitative estimate of drug-likeness (QED) is 0.634. The fourth-order valence-corrected chi connectivity index (χ4v) is 2.66. The Kier molecular flexibility index (Phi) is 8.96. The topological polar surface area (TPSA) is 96.5 Å². The minimum Gasteiger partial charge on any atom is -0.444 e. The molecular weight excluding hydrogens is 358 g/mol. The molecule has 0 fully saturated rings. The highest BCUT2D eigenvalue weighted by Crippen LogP contribution is 2.10. The molecule has 28 heavy (non-hydrogen) atoms. The van der Waals surface area contributed by atoms with E-state index >= 15 is 0 Å². The average Bonchev–Trinajstić information content (AvgIpc) is 2.58. The number of amides is 3. The summed E-state index contributed by atoms with van der Waals surface area (Å²) >= 11 is 0. The third kappa shape index (κ3) is 8.88. The van der Waals surface area contributed by atoms with Gasteiger partial charge in [-0.3, -0.25) is 9.59 Å². The van der Waals surface area contributed by atoms with Crippen molar-refractivity contribution in [3.63, 3.8) is 0 Å². The van der Waals surface area contributed by atoms with Crippen LogP contribution in [-0.4, -0.2) is 42.6 Å². The molecule has 2 atom stereocenters. The van der Waals surface area contributed by atoms with Crippen molar-refractivity contribution in [2.45, 2.75) is 65.1 Å². The van der Waals surface area contributed by atoms with Crippen LogP contribution < -0.4 is 16.0 Å². The van der Waals surface area contributed by atoms with E-state index in [0.717, 1.165) is 5.56 Å². The Bertz CT molecular complexity index is 653. The zero-order chi connectivity index (χ0) is 21.3. The van der Waals surface area contributed by atoms with Crippen LogP contribution >= 0.6 is 0 Å². The van der Waals surface area contributed by atoms with Crippen molar-refractivity contribution in [3.05, 3.63) is 35.9 Å². The molecule has 1 rings (SSSR count). The maximum absolute atomic E-state index is 12.8. The lowest BCUT2D eigenvalue weighted by molar-refractivity contribution is -0.130. The fourth-order valence-electron chi connectivity index (χ4n) is 2.66. The monoisotopic (exact) mass is 391 g/mol. The van der Waals surface area contributed by atoms with Gasteiger partial charge in [-0.2, -0.15) is 0 Å². The van der Waals surface area contributed by atoms with Crippen molar-refractivity contribution in [2.75, 3.05) is 7.05 Å². The molecular formula is C21H33N3O4. The smallest absolute Gasteiger partial charge is 0.408 e. The highest BCUT2D eigenvalue weighted by Gasteiger charge is 2.28. The number of ether oxygens (including phenoxy) is 1. The Balaban J connectivity index is 2.88. The summed E-state index contributed by atoms with van der Waals surface area (Å²) in [4.78, 5) is 37.2. The number of benzene rings is 1. The third-order valence-electron chi connectivity index (χ3n) is 3.88. The van der Waals surface area contributed by atoms with Crippen LogP contribution in [-0.2, 0) is 20.7 Å². The van der Waals surface area contributed by atoms with E-state index in [9.17, 15) is 14.4 Å². The van der Waals surface area contributed by atoms with Crippen LogP contribution in [0.2, 0.25) is 0 Å². The Labute approximate surface area is 167 Å². The molecule has 1 aromatic rings. The van der Waals surface area contributed by atoms with Crippen molar-refractivity contribution in [1.29, 1.82) is 0 Å². The molecule has 0 radical (unpaired) electrons. The summed E-state index contributed by atoms with van der Waals surface area (Å²) in [5, 5.41) is 7.97. The number of nitrogens with one attached hydrogen (secondary N) is 3. The largest absolute Gasteiger partial charge is 0.444 e. The van der Waals surface area contributed by atoms with Gasteiger partial charge in [-0.15, -0.1) is 0 Å². The molecule has 2 unspecified atom stereocenters. The Morgan fingerprint density at radius 1 is 0.964 bits per heavy atom. The molecule has 7 nitrogen and oxygen atoms in total. The van der Waals surface area contributed by atoms with E-state index in [4.69, 9.17) is 4.74 Å². The minimum atomic E-state index is -0.794. The Morgan fingerprint density at radius 3 is 2.07 bits per heavy atom.